The molecule has 0 saturated heterocycles. The maximum absolute atomic E-state index is 12.1. The first kappa shape index (κ1) is 19.0. The largest absolute Gasteiger partial charge is 0.481 e. The maximum Gasteiger partial charge on any atom is 0.407 e. The number of carboxylic acid groups (broad SMARTS) is 1. The van der Waals surface area contributed by atoms with Gasteiger partial charge in [-0.1, -0.05) is 51.1 Å². The second-order valence-electron chi connectivity index (χ2n) is 6.81. The highest BCUT2D eigenvalue weighted by Gasteiger charge is 2.23. The molecule has 0 saturated carbocycles. The Hall–Kier alpha value is -2.34. The predicted octanol–water partition coefficient (Wildman–Crippen LogP) is 4.49. The summed E-state index contributed by atoms with van der Waals surface area (Å²) in [7, 11) is 0. The van der Waals surface area contributed by atoms with E-state index in [4.69, 9.17) is 9.84 Å². The summed E-state index contributed by atoms with van der Waals surface area (Å²) >= 11 is 1.51. The molecule has 0 bridgehead atoms. The number of hydrogen-bond donors (Lipinski definition) is 2. The molecule has 0 aliphatic carbocycles. The molecule has 2 rings (SSSR count). The molecule has 1 aromatic carbocycles. The van der Waals surface area contributed by atoms with Gasteiger partial charge in [0.05, 0.1) is 12.5 Å². The molecule has 1 aromatic heterocycles. The number of hydrogen-bond acceptors (Lipinski definition) is 4. The summed E-state index contributed by atoms with van der Waals surface area (Å²) in [5.41, 5.74) is 0.850. The van der Waals surface area contributed by atoms with E-state index in [9.17, 15) is 9.59 Å². The highest BCUT2D eigenvalue weighted by atomic mass is 32.1. The van der Waals surface area contributed by atoms with Crippen molar-refractivity contribution >= 4 is 23.4 Å². The molecule has 0 radical (unpaired) electrons. The number of ether oxygens (including phenoxy) is 1. The van der Waals surface area contributed by atoms with Crippen LogP contribution in [0.4, 0.5) is 4.79 Å². The number of amides is 1. The van der Waals surface area contributed by atoms with Gasteiger partial charge >= 0.3 is 12.1 Å². The molecule has 2 N–H and O–H groups in total. The van der Waals surface area contributed by atoms with Crippen molar-refractivity contribution in [1.82, 2.24) is 5.32 Å². The van der Waals surface area contributed by atoms with Gasteiger partial charge in [0.25, 0.3) is 0 Å². The average Bonchev–Trinajstić information content (AvgIpc) is 3.03. The Morgan fingerprint density at radius 3 is 2.40 bits per heavy atom. The number of benzene rings is 1. The Morgan fingerprint density at radius 1 is 1.16 bits per heavy atom. The van der Waals surface area contributed by atoms with E-state index in [1.165, 1.54) is 11.3 Å². The van der Waals surface area contributed by atoms with Gasteiger partial charge in [0, 0.05) is 9.75 Å². The standard InChI is InChI=1S/C19H23NO4S/c1-19(2,3)16-10-9-15(25-16)14(11-17(21)22)20-18(23)24-12-13-7-5-4-6-8-13/h4-10,14H,11-12H2,1-3H3,(H,20,23)(H,21,22)/t14-/m1/s1. The molecule has 5 nitrogen and oxygen atoms in total. The Kier molecular flexibility index (Phi) is 6.20. The van der Waals surface area contributed by atoms with Crippen molar-refractivity contribution in [3.8, 4) is 0 Å². The molecule has 0 spiro atoms. The fraction of sp³-hybridized carbons (Fsp3) is 0.368. The lowest BCUT2D eigenvalue weighted by atomic mass is 9.95. The zero-order valence-corrected chi connectivity index (χ0v) is 15.4. The monoisotopic (exact) mass is 361 g/mol. The van der Waals surface area contributed by atoms with E-state index in [1.807, 2.05) is 42.5 Å². The zero-order chi connectivity index (χ0) is 18.4. The fourth-order valence-corrected chi connectivity index (χ4v) is 3.36. The number of carbonyl (C=O) groups excluding carboxylic acids is 1. The predicted molar refractivity (Wildman–Crippen MR) is 97.8 cm³/mol. The summed E-state index contributed by atoms with van der Waals surface area (Å²) in [6.07, 6.45) is -0.814. The van der Waals surface area contributed by atoms with Gasteiger partial charge in [-0.05, 0) is 23.1 Å². The van der Waals surface area contributed by atoms with Gasteiger partial charge < -0.3 is 15.2 Å². The lowest BCUT2D eigenvalue weighted by molar-refractivity contribution is -0.137. The smallest absolute Gasteiger partial charge is 0.407 e. The summed E-state index contributed by atoms with van der Waals surface area (Å²) in [4.78, 5) is 25.2. The van der Waals surface area contributed by atoms with E-state index < -0.39 is 18.1 Å². The van der Waals surface area contributed by atoms with E-state index in [2.05, 4.69) is 26.1 Å². The van der Waals surface area contributed by atoms with E-state index in [1.54, 1.807) is 0 Å². The van der Waals surface area contributed by atoms with Gasteiger partial charge in [-0.25, -0.2) is 4.79 Å². The molecule has 1 heterocycles. The van der Waals surface area contributed by atoms with Crippen molar-refractivity contribution in [2.45, 2.75) is 45.3 Å². The molecular formula is C19H23NO4S. The number of thiophene rings is 1. The van der Waals surface area contributed by atoms with Crippen LogP contribution in [0.3, 0.4) is 0 Å². The van der Waals surface area contributed by atoms with Crippen molar-refractivity contribution in [2.75, 3.05) is 0 Å². The van der Waals surface area contributed by atoms with Gasteiger partial charge in [0.2, 0.25) is 0 Å². The van der Waals surface area contributed by atoms with Gasteiger partial charge in [0.1, 0.15) is 6.61 Å². The van der Waals surface area contributed by atoms with Crippen LogP contribution >= 0.6 is 11.3 Å². The van der Waals surface area contributed by atoms with Gasteiger partial charge in [0.15, 0.2) is 0 Å². The van der Waals surface area contributed by atoms with Crippen molar-refractivity contribution < 1.29 is 19.4 Å². The molecule has 134 valence electrons. The minimum Gasteiger partial charge on any atom is -0.481 e. The molecule has 0 aliphatic rings. The Labute approximate surface area is 151 Å². The van der Waals surface area contributed by atoms with E-state index in [0.29, 0.717) is 0 Å². The summed E-state index contributed by atoms with van der Waals surface area (Å²) in [5.74, 6) is -0.973. The zero-order valence-electron chi connectivity index (χ0n) is 14.6. The van der Waals surface area contributed by atoms with Gasteiger partial charge in [-0.15, -0.1) is 11.3 Å². The topological polar surface area (TPSA) is 75.6 Å². The molecule has 2 aromatic rings. The van der Waals surface area contributed by atoms with Gasteiger partial charge in [-0.2, -0.15) is 0 Å². The average molecular weight is 361 g/mol. The van der Waals surface area contributed by atoms with Crippen LogP contribution in [0, 0.1) is 0 Å². The van der Waals surface area contributed by atoms with E-state index in [-0.39, 0.29) is 18.4 Å². The molecule has 6 heteroatoms. The molecule has 0 fully saturated rings. The highest BCUT2D eigenvalue weighted by molar-refractivity contribution is 7.12. The van der Waals surface area contributed by atoms with E-state index in [0.717, 1.165) is 15.3 Å². The van der Waals surface area contributed by atoms with Crippen molar-refractivity contribution in [2.24, 2.45) is 0 Å². The molecule has 0 unspecified atom stereocenters. The van der Waals surface area contributed by atoms with Crippen LogP contribution in [0.15, 0.2) is 42.5 Å². The quantitative estimate of drug-likeness (QED) is 0.795. The Bertz CT molecular complexity index is 719. The second-order valence-corrected chi connectivity index (χ2v) is 7.92. The van der Waals surface area contributed by atoms with Crippen LogP contribution in [0.2, 0.25) is 0 Å². The van der Waals surface area contributed by atoms with Crippen molar-refractivity contribution in [3.05, 3.63) is 57.8 Å². The summed E-state index contributed by atoms with van der Waals surface area (Å²) in [6, 6.07) is 12.6. The van der Waals surface area contributed by atoms with Crippen LogP contribution in [0.25, 0.3) is 0 Å². The van der Waals surface area contributed by atoms with Crippen LogP contribution < -0.4 is 5.32 Å². The summed E-state index contributed by atoms with van der Waals surface area (Å²) < 4.78 is 5.20. The van der Waals surface area contributed by atoms with Crippen LogP contribution in [-0.4, -0.2) is 17.2 Å². The number of rotatable bonds is 6. The van der Waals surface area contributed by atoms with Crippen molar-refractivity contribution in [1.29, 1.82) is 0 Å². The third kappa shape index (κ3) is 5.90. The molecule has 25 heavy (non-hydrogen) atoms. The minimum absolute atomic E-state index is 0.0233. The number of carboxylic acids is 1. The minimum atomic E-state index is -0.973. The van der Waals surface area contributed by atoms with E-state index >= 15 is 0 Å². The fourth-order valence-electron chi connectivity index (χ4n) is 2.25. The normalized spacial score (nSPS) is 12.4. The lowest BCUT2D eigenvalue weighted by Crippen LogP contribution is -2.30. The maximum atomic E-state index is 12.1. The van der Waals surface area contributed by atoms with Crippen LogP contribution in [0.5, 0.6) is 0 Å². The summed E-state index contributed by atoms with van der Waals surface area (Å²) in [6.45, 7) is 6.42. The van der Waals surface area contributed by atoms with Crippen molar-refractivity contribution in [3.63, 3.8) is 0 Å². The Balaban J connectivity index is 2.03. The third-order valence-corrected chi connectivity index (χ3v) is 5.22. The SMILES string of the molecule is CC(C)(C)c1ccc([C@@H](CC(=O)O)NC(=O)OCc2ccccc2)s1. The first-order chi connectivity index (χ1) is 11.8. The van der Waals surface area contributed by atoms with Gasteiger partial charge in [-0.3, -0.25) is 4.79 Å². The first-order valence-electron chi connectivity index (χ1n) is 8.05. The number of carbonyl (C=O) groups is 2. The highest BCUT2D eigenvalue weighted by Crippen LogP contribution is 2.33. The van der Waals surface area contributed by atoms with Crippen LogP contribution in [-0.2, 0) is 21.6 Å². The molecular weight excluding hydrogens is 338 g/mol. The molecule has 1 atom stereocenters. The summed E-state index contributed by atoms with van der Waals surface area (Å²) in [5, 5.41) is 11.8. The molecule has 0 aliphatic heterocycles. The molecule has 1 amide bonds. The Morgan fingerprint density at radius 2 is 1.84 bits per heavy atom. The number of aliphatic carboxylic acids is 1. The lowest BCUT2D eigenvalue weighted by Gasteiger charge is -2.17. The van der Waals surface area contributed by atoms with Crippen LogP contribution in [0.1, 0.15) is 48.6 Å². The number of alkyl carbamates (subject to hydrolysis) is 1. The number of nitrogens with one attached hydrogen (secondary N) is 1. The second kappa shape index (κ2) is 8.16. The first-order valence-corrected chi connectivity index (χ1v) is 8.86. The third-order valence-electron chi connectivity index (χ3n) is 3.59.